The second-order valence-corrected chi connectivity index (χ2v) is 5.12. The van der Waals surface area contributed by atoms with Gasteiger partial charge in [-0.25, -0.2) is 0 Å². The van der Waals surface area contributed by atoms with Gasteiger partial charge in [-0.05, 0) is 37.1 Å². The van der Waals surface area contributed by atoms with Crippen LogP contribution in [0.2, 0.25) is 0 Å². The second kappa shape index (κ2) is 5.73. The van der Waals surface area contributed by atoms with E-state index in [1.165, 1.54) is 12.1 Å². The van der Waals surface area contributed by atoms with E-state index in [4.69, 9.17) is 5.73 Å². The van der Waals surface area contributed by atoms with Crippen LogP contribution in [0, 0.1) is 5.92 Å². The van der Waals surface area contributed by atoms with Gasteiger partial charge in [0.25, 0.3) is 0 Å². The van der Waals surface area contributed by atoms with Crippen LogP contribution in [0.4, 0.5) is 18.9 Å². The molecular formula is C14H17F3N2O. The minimum Gasteiger partial charge on any atom is -0.382 e. The van der Waals surface area contributed by atoms with Crippen LogP contribution in [0.1, 0.15) is 36.0 Å². The Balaban J connectivity index is 2.08. The van der Waals surface area contributed by atoms with Crippen LogP contribution in [0.5, 0.6) is 0 Å². The van der Waals surface area contributed by atoms with Gasteiger partial charge in [0, 0.05) is 17.3 Å². The van der Waals surface area contributed by atoms with Crippen LogP contribution in [-0.4, -0.2) is 18.1 Å². The lowest BCUT2D eigenvalue weighted by Gasteiger charge is -2.34. The molecule has 1 aliphatic carbocycles. The number of alkyl halides is 3. The van der Waals surface area contributed by atoms with Crippen LogP contribution >= 0.6 is 0 Å². The van der Waals surface area contributed by atoms with Gasteiger partial charge in [-0.2, -0.15) is 13.2 Å². The van der Waals surface area contributed by atoms with Gasteiger partial charge in [-0.3, -0.25) is 4.79 Å². The molecule has 6 heteroatoms. The number of carbonyl (C=O) groups is 1. The Hall–Kier alpha value is -1.72. The lowest BCUT2D eigenvalue weighted by Crippen LogP contribution is -2.41. The Morgan fingerprint density at radius 3 is 2.30 bits per heavy atom. The molecule has 0 radical (unpaired) electrons. The summed E-state index contributed by atoms with van der Waals surface area (Å²) < 4.78 is 38.9. The first-order chi connectivity index (χ1) is 9.38. The van der Waals surface area contributed by atoms with Gasteiger partial charge in [0.05, 0.1) is 5.92 Å². The van der Waals surface area contributed by atoms with E-state index in [9.17, 15) is 18.0 Å². The average molecular weight is 286 g/mol. The summed E-state index contributed by atoms with van der Waals surface area (Å²) in [7, 11) is 0. The van der Waals surface area contributed by atoms with Crippen molar-refractivity contribution in [3.8, 4) is 0 Å². The van der Waals surface area contributed by atoms with Gasteiger partial charge in [-0.1, -0.05) is 12.8 Å². The molecule has 0 bridgehead atoms. The number of hydrogen-bond acceptors (Lipinski definition) is 2. The molecule has 3 nitrogen and oxygen atoms in total. The predicted molar refractivity (Wildman–Crippen MR) is 70.4 cm³/mol. The summed E-state index contributed by atoms with van der Waals surface area (Å²) in [6.45, 7) is 0. The maximum atomic E-state index is 13.0. The van der Waals surface area contributed by atoms with E-state index in [2.05, 4.69) is 5.32 Å². The van der Waals surface area contributed by atoms with E-state index >= 15 is 0 Å². The van der Waals surface area contributed by atoms with E-state index in [1.54, 1.807) is 12.1 Å². The van der Waals surface area contributed by atoms with Crippen molar-refractivity contribution < 1.29 is 18.0 Å². The summed E-state index contributed by atoms with van der Waals surface area (Å²) in [4.78, 5) is 10.9. The fourth-order valence-corrected chi connectivity index (χ4v) is 2.64. The smallest absolute Gasteiger partial charge is 0.382 e. The average Bonchev–Trinajstić information content (AvgIpc) is 2.38. The molecule has 0 aliphatic heterocycles. The molecule has 0 spiro atoms. The first-order valence-corrected chi connectivity index (χ1v) is 6.61. The van der Waals surface area contributed by atoms with Crippen LogP contribution in [0.25, 0.3) is 0 Å². The molecule has 3 N–H and O–H groups in total. The van der Waals surface area contributed by atoms with E-state index in [-0.39, 0.29) is 6.42 Å². The summed E-state index contributed by atoms with van der Waals surface area (Å²) >= 11 is 0. The third-order valence-electron chi connectivity index (χ3n) is 3.71. The summed E-state index contributed by atoms with van der Waals surface area (Å²) in [5, 5.41) is 2.93. The first kappa shape index (κ1) is 14.7. The van der Waals surface area contributed by atoms with Crippen LogP contribution in [0.15, 0.2) is 24.3 Å². The molecule has 0 aromatic heterocycles. The van der Waals surface area contributed by atoms with Crippen LogP contribution in [0.3, 0.4) is 0 Å². The fourth-order valence-electron chi connectivity index (χ4n) is 2.64. The highest BCUT2D eigenvalue weighted by atomic mass is 19.4. The molecule has 2 rings (SSSR count). The summed E-state index contributed by atoms with van der Waals surface area (Å²) in [6.07, 6.45) is -2.10. The van der Waals surface area contributed by atoms with Crippen molar-refractivity contribution in [2.75, 3.05) is 5.32 Å². The van der Waals surface area contributed by atoms with Crippen LogP contribution in [-0.2, 0) is 0 Å². The largest absolute Gasteiger partial charge is 0.393 e. The molecule has 0 saturated heterocycles. The Morgan fingerprint density at radius 1 is 1.15 bits per heavy atom. The van der Waals surface area contributed by atoms with Gasteiger partial charge in [-0.15, -0.1) is 0 Å². The van der Waals surface area contributed by atoms with Crippen molar-refractivity contribution in [3.63, 3.8) is 0 Å². The maximum absolute atomic E-state index is 13.0. The molecule has 0 heterocycles. The van der Waals surface area contributed by atoms with E-state index < -0.39 is 24.0 Å². The Bertz CT molecular complexity index is 470. The minimum atomic E-state index is -4.18. The van der Waals surface area contributed by atoms with Gasteiger partial charge in [0.1, 0.15) is 0 Å². The molecule has 1 aromatic carbocycles. The first-order valence-electron chi connectivity index (χ1n) is 6.61. The van der Waals surface area contributed by atoms with Crippen molar-refractivity contribution in [1.82, 2.24) is 0 Å². The Labute approximate surface area is 115 Å². The number of amides is 1. The van der Waals surface area contributed by atoms with Crippen molar-refractivity contribution in [2.24, 2.45) is 11.7 Å². The highest BCUT2D eigenvalue weighted by Gasteiger charge is 2.45. The second-order valence-electron chi connectivity index (χ2n) is 5.12. The zero-order valence-corrected chi connectivity index (χ0v) is 10.9. The van der Waals surface area contributed by atoms with Gasteiger partial charge < -0.3 is 11.1 Å². The molecule has 2 atom stereocenters. The fraction of sp³-hybridized carbons (Fsp3) is 0.500. The number of halogens is 3. The molecular weight excluding hydrogens is 269 g/mol. The third kappa shape index (κ3) is 3.43. The summed E-state index contributed by atoms with van der Waals surface area (Å²) in [5.74, 6) is -1.87. The van der Waals surface area contributed by atoms with Gasteiger partial charge >= 0.3 is 6.18 Å². The number of primary amides is 1. The number of rotatable bonds is 3. The molecule has 20 heavy (non-hydrogen) atoms. The number of nitrogens with one attached hydrogen (secondary N) is 1. The number of anilines is 1. The monoisotopic (exact) mass is 286 g/mol. The van der Waals surface area contributed by atoms with Crippen LogP contribution < -0.4 is 11.1 Å². The van der Waals surface area contributed by atoms with E-state index in [0.29, 0.717) is 24.1 Å². The zero-order chi connectivity index (χ0) is 14.8. The number of carbonyl (C=O) groups excluding carboxylic acids is 1. The number of benzene rings is 1. The zero-order valence-electron chi connectivity index (χ0n) is 10.9. The predicted octanol–water partition coefficient (Wildman–Crippen LogP) is 3.32. The number of nitrogens with two attached hydrogens (primary N) is 1. The molecule has 110 valence electrons. The highest BCUT2D eigenvalue weighted by Crippen LogP contribution is 2.38. The van der Waals surface area contributed by atoms with Crippen molar-refractivity contribution in [3.05, 3.63) is 29.8 Å². The van der Waals surface area contributed by atoms with Crippen molar-refractivity contribution in [1.29, 1.82) is 0 Å². The molecule has 1 fully saturated rings. The molecule has 1 aromatic rings. The molecule has 1 amide bonds. The quantitative estimate of drug-likeness (QED) is 0.895. The van der Waals surface area contributed by atoms with Gasteiger partial charge in [0.2, 0.25) is 5.91 Å². The standard InChI is InChI=1S/C14H17F3N2O/c15-14(16,17)11-3-1-2-4-12(11)19-10-7-5-9(6-8-10)13(18)20/h5-8,11-12,19H,1-4H2,(H2,18,20). The highest BCUT2D eigenvalue weighted by molar-refractivity contribution is 5.93. The molecule has 2 unspecified atom stereocenters. The Kier molecular flexibility index (Phi) is 4.20. The molecule has 1 aliphatic rings. The van der Waals surface area contributed by atoms with E-state index in [0.717, 1.165) is 6.42 Å². The molecule has 1 saturated carbocycles. The van der Waals surface area contributed by atoms with Crippen molar-refractivity contribution >= 4 is 11.6 Å². The Morgan fingerprint density at radius 2 is 1.75 bits per heavy atom. The summed E-state index contributed by atoms with van der Waals surface area (Å²) in [5.41, 5.74) is 6.04. The van der Waals surface area contributed by atoms with Gasteiger partial charge in [0.15, 0.2) is 0 Å². The third-order valence-corrected chi connectivity index (χ3v) is 3.71. The lowest BCUT2D eigenvalue weighted by molar-refractivity contribution is -0.184. The summed E-state index contributed by atoms with van der Waals surface area (Å²) in [6, 6.07) is 5.58. The normalized spacial score (nSPS) is 23.4. The lowest BCUT2D eigenvalue weighted by atomic mass is 9.84. The SMILES string of the molecule is NC(=O)c1ccc(NC2CCCCC2C(F)(F)F)cc1. The minimum absolute atomic E-state index is 0.167. The van der Waals surface area contributed by atoms with Crippen molar-refractivity contribution in [2.45, 2.75) is 37.9 Å². The maximum Gasteiger partial charge on any atom is 0.393 e. The number of hydrogen-bond donors (Lipinski definition) is 2. The van der Waals surface area contributed by atoms with E-state index in [1.807, 2.05) is 0 Å². The topological polar surface area (TPSA) is 55.1 Å².